The molecule has 0 spiro atoms. The molecule has 1 heterocycles. The first-order valence-electron chi connectivity index (χ1n) is 4.33. The van der Waals surface area contributed by atoms with Gasteiger partial charge in [-0.1, -0.05) is 12.1 Å². The molecule has 0 N–H and O–H groups in total. The van der Waals surface area contributed by atoms with E-state index < -0.39 is 4.92 Å². The molecule has 2 aromatic rings. The summed E-state index contributed by atoms with van der Waals surface area (Å²) in [5.74, 6) is 0.166. The number of hydrogen-bond acceptors (Lipinski definition) is 5. The lowest BCUT2D eigenvalue weighted by atomic mass is 10.1. The van der Waals surface area contributed by atoms with Crippen LogP contribution in [0.2, 0.25) is 0 Å². The minimum Gasteiger partial charge on any atom is -0.411 e. The third-order valence-corrected chi connectivity index (χ3v) is 2.49. The maximum Gasteiger partial charge on any atom is 0.284 e. The van der Waals surface area contributed by atoms with Gasteiger partial charge in [-0.05, 0) is 13.0 Å². The van der Waals surface area contributed by atoms with E-state index in [2.05, 4.69) is 10.2 Å². The van der Waals surface area contributed by atoms with E-state index in [4.69, 9.17) is 4.42 Å². The monoisotopic (exact) mass is 331 g/mol. The van der Waals surface area contributed by atoms with Crippen molar-refractivity contribution in [2.24, 2.45) is 0 Å². The van der Waals surface area contributed by atoms with Gasteiger partial charge in [0.2, 0.25) is 0 Å². The molecule has 0 atom stereocenters. The lowest BCUT2D eigenvalue weighted by molar-refractivity contribution is -0.384. The minimum atomic E-state index is -0.443. The lowest BCUT2D eigenvalue weighted by Gasteiger charge is -2.00. The van der Waals surface area contributed by atoms with Crippen molar-refractivity contribution < 1.29 is 9.34 Å². The molecule has 2 rings (SSSR count). The van der Waals surface area contributed by atoms with Crippen molar-refractivity contribution in [2.45, 2.75) is 6.92 Å². The van der Waals surface area contributed by atoms with Gasteiger partial charge in [0.05, 0.1) is 4.92 Å². The van der Waals surface area contributed by atoms with E-state index in [9.17, 15) is 10.1 Å². The lowest BCUT2D eigenvalue weighted by Crippen LogP contribution is -1.95. The molecule has 0 aliphatic rings. The summed E-state index contributed by atoms with van der Waals surface area (Å²) in [4.78, 5) is 10.5. The van der Waals surface area contributed by atoms with E-state index >= 15 is 0 Å². The van der Waals surface area contributed by atoms with Crippen molar-refractivity contribution in [2.75, 3.05) is 0 Å². The Morgan fingerprint density at radius 3 is 2.75 bits per heavy atom. The topological polar surface area (TPSA) is 82.1 Å². The van der Waals surface area contributed by atoms with Gasteiger partial charge in [-0.2, -0.15) is 0 Å². The van der Waals surface area contributed by atoms with Crippen LogP contribution in [0.3, 0.4) is 0 Å². The van der Waals surface area contributed by atoms with Gasteiger partial charge in [0.15, 0.2) is 0 Å². The second-order valence-corrected chi connectivity index (χ2v) is 4.01. The van der Waals surface area contributed by atoms with E-state index in [0.29, 0.717) is 15.0 Å². The maximum absolute atomic E-state index is 10.9. The summed E-state index contributed by atoms with van der Waals surface area (Å²) in [6.07, 6.45) is 0. The van der Waals surface area contributed by atoms with E-state index in [0.717, 1.165) is 0 Å². The molecule has 1 aromatic heterocycles. The van der Waals surface area contributed by atoms with Gasteiger partial charge in [0.1, 0.15) is 5.56 Å². The fourth-order valence-electron chi connectivity index (χ4n) is 1.39. The third kappa shape index (κ3) is 1.90. The van der Waals surface area contributed by atoms with Crippen molar-refractivity contribution in [1.29, 1.82) is 0 Å². The van der Waals surface area contributed by atoms with E-state index in [1.807, 2.05) is 22.6 Å². The molecule has 7 heteroatoms. The SMILES string of the molecule is Cc1cccc(-c2nnc(I)o2)c1[N+](=O)[O-]. The number of halogens is 1. The summed E-state index contributed by atoms with van der Waals surface area (Å²) in [5.41, 5.74) is 0.915. The molecule has 0 saturated heterocycles. The average molecular weight is 331 g/mol. The Morgan fingerprint density at radius 1 is 1.44 bits per heavy atom. The highest BCUT2D eigenvalue weighted by atomic mass is 127. The van der Waals surface area contributed by atoms with Gasteiger partial charge in [-0.3, -0.25) is 10.1 Å². The smallest absolute Gasteiger partial charge is 0.284 e. The van der Waals surface area contributed by atoms with E-state index in [-0.39, 0.29) is 11.6 Å². The van der Waals surface area contributed by atoms with Gasteiger partial charge in [0.25, 0.3) is 15.5 Å². The molecule has 0 amide bonds. The maximum atomic E-state index is 10.9. The zero-order chi connectivity index (χ0) is 11.7. The van der Waals surface area contributed by atoms with Crippen molar-refractivity contribution in [1.82, 2.24) is 10.2 Å². The largest absolute Gasteiger partial charge is 0.411 e. The summed E-state index contributed by atoms with van der Waals surface area (Å²) < 4.78 is 5.53. The number of nitrogens with zero attached hydrogens (tertiary/aromatic N) is 3. The highest BCUT2D eigenvalue weighted by molar-refractivity contribution is 14.1. The second kappa shape index (κ2) is 4.16. The van der Waals surface area contributed by atoms with Crippen LogP contribution < -0.4 is 0 Å². The number of hydrogen-bond donors (Lipinski definition) is 0. The first kappa shape index (κ1) is 11.0. The first-order valence-corrected chi connectivity index (χ1v) is 5.41. The van der Waals surface area contributed by atoms with Crippen LogP contribution in [0, 0.1) is 20.9 Å². The molecule has 0 aliphatic carbocycles. The Bertz CT molecular complexity index is 553. The Balaban J connectivity index is 2.65. The third-order valence-electron chi connectivity index (χ3n) is 2.05. The molecular weight excluding hydrogens is 325 g/mol. The molecule has 1 aromatic carbocycles. The molecule has 82 valence electrons. The second-order valence-electron chi connectivity index (χ2n) is 3.09. The van der Waals surface area contributed by atoms with Crippen LogP contribution in [0.5, 0.6) is 0 Å². The Hall–Kier alpha value is -1.51. The van der Waals surface area contributed by atoms with E-state index in [1.165, 1.54) is 0 Å². The summed E-state index contributed by atoms with van der Waals surface area (Å²) >= 11 is 1.86. The van der Waals surface area contributed by atoms with Crippen LogP contribution in [0.15, 0.2) is 22.6 Å². The Morgan fingerprint density at radius 2 is 2.19 bits per heavy atom. The van der Waals surface area contributed by atoms with Crippen LogP contribution >= 0.6 is 22.6 Å². The fourth-order valence-corrected chi connectivity index (χ4v) is 1.70. The normalized spacial score (nSPS) is 10.4. The van der Waals surface area contributed by atoms with Gasteiger partial charge >= 0.3 is 0 Å². The summed E-state index contributed by atoms with van der Waals surface area (Å²) in [6, 6.07) is 4.98. The van der Waals surface area contributed by atoms with Crippen molar-refractivity contribution in [3.8, 4) is 11.5 Å². The number of rotatable bonds is 2. The molecule has 0 unspecified atom stereocenters. The number of aromatic nitrogens is 2. The number of benzene rings is 1. The molecule has 0 bridgehead atoms. The molecular formula is C9H6IN3O3. The summed E-state index contributed by atoms with van der Waals surface area (Å²) in [7, 11) is 0. The van der Waals surface area contributed by atoms with Gasteiger partial charge in [-0.15, -0.1) is 10.2 Å². The highest BCUT2D eigenvalue weighted by Gasteiger charge is 2.21. The minimum absolute atomic E-state index is 0.00236. The van der Waals surface area contributed by atoms with Crippen LogP contribution in [0.4, 0.5) is 5.69 Å². The molecule has 0 aliphatic heterocycles. The van der Waals surface area contributed by atoms with E-state index in [1.54, 1.807) is 25.1 Å². The number of aryl methyl sites for hydroxylation is 1. The standard InChI is InChI=1S/C9H6IN3O3/c1-5-3-2-4-6(7(5)13(14)15)8-11-12-9(10)16-8/h2-4H,1H3. The number of nitro groups is 1. The number of nitro benzene ring substituents is 1. The van der Waals surface area contributed by atoms with Crippen LogP contribution in [0.1, 0.15) is 5.56 Å². The van der Waals surface area contributed by atoms with Crippen molar-refractivity contribution in [3.63, 3.8) is 0 Å². The summed E-state index contributed by atoms with van der Waals surface area (Å²) in [6.45, 7) is 1.67. The molecule has 16 heavy (non-hydrogen) atoms. The van der Waals surface area contributed by atoms with Crippen LogP contribution in [-0.2, 0) is 0 Å². The van der Waals surface area contributed by atoms with Crippen molar-refractivity contribution in [3.05, 3.63) is 37.8 Å². The highest BCUT2D eigenvalue weighted by Crippen LogP contribution is 2.31. The van der Waals surface area contributed by atoms with Gasteiger partial charge < -0.3 is 4.42 Å². The fraction of sp³-hybridized carbons (Fsp3) is 0.111. The van der Waals surface area contributed by atoms with Crippen molar-refractivity contribution >= 4 is 28.3 Å². The predicted molar refractivity (Wildman–Crippen MR) is 63.8 cm³/mol. The average Bonchev–Trinajstić information content (AvgIpc) is 2.63. The Labute approximate surface area is 104 Å². The van der Waals surface area contributed by atoms with Gasteiger partial charge in [0, 0.05) is 28.2 Å². The number of para-hydroxylation sites is 1. The quantitative estimate of drug-likeness (QED) is 0.480. The van der Waals surface area contributed by atoms with Crippen LogP contribution in [0.25, 0.3) is 11.5 Å². The zero-order valence-corrected chi connectivity index (χ0v) is 10.3. The van der Waals surface area contributed by atoms with Gasteiger partial charge in [-0.25, -0.2) is 0 Å². The summed E-state index contributed by atoms with van der Waals surface area (Å²) in [5, 5.41) is 18.3. The molecule has 6 nitrogen and oxygen atoms in total. The van der Waals surface area contributed by atoms with Crippen LogP contribution in [-0.4, -0.2) is 15.1 Å². The predicted octanol–water partition coefficient (Wildman–Crippen LogP) is 2.56. The zero-order valence-electron chi connectivity index (χ0n) is 8.18. The molecule has 0 fully saturated rings. The molecule has 0 saturated carbocycles. The molecule has 0 radical (unpaired) electrons. The Kier molecular flexibility index (Phi) is 2.86. The first-order chi connectivity index (χ1) is 7.59.